The average molecular weight is 413 g/mol. The van der Waals surface area contributed by atoms with Crippen LogP contribution in [0.25, 0.3) is 10.2 Å². The number of thiophene rings is 1. The lowest BCUT2D eigenvalue weighted by Gasteiger charge is -2.35. The van der Waals surface area contributed by atoms with Crippen molar-refractivity contribution in [1.82, 2.24) is 14.9 Å². The summed E-state index contributed by atoms with van der Waals surface area (Å²) in [6.45, 7) is 5.60. The Morgan fingerprint density at radius 3 is 2.48 bits per heavy atom. The van der Waals surface area contributed by atoms with Crippen molar-refractivity contribution in [2.45, 2.75) is 13.3 Å². The van der Waals surface area contributed by atoms with Gasteiger partial charge in [-0.1, -0.05) is 6.92 Å². The summed E-state index contributed by atoms with van der Waals surface area (Å²) in [5.74, 6) is 2.43. The van der Waals surface area contributed by atoms with Crippen molar-refractivity contribution in [3.05, 3.63) is 42.0 Å². The molecule has 2 aromatic heterocycles. The van der Waals surface area contributed by atoms with E-state index in [1.54, 1.807) is 17.7 Å². The molecule has 0 unspecified atom stereocenters. The number of amides is 1. The molecular weight excluding hydrogens is 388 g/mol. The number of hydrogen-bond donors (Lipinski definition) is 0. The number of aromatic nitrogens is 2. The summed E-state index contributed by atoms with van der Waals surface area (Å²) in [4.78, 5) is 26.4. The van der Waals surface area contributed by atoms with Gasteiger partial charge in [0.1, 0.15) is 28.5 Å². The summed E-state index contributed by atoms with van der Waals surface area (Å²) >= 11 is 1.61. The highest BCUT2D eigenvalue weighted by Gasteiger charge is 2.23. The van der Waals surface area contributed by atoms with Crippen molar-refractivity contribution in [2.75, 3.05) is 44.3 Å². The standard InChI is InChI=1S/C21H24N4O3S/c1-2-12-27-16-3-5-17(6-4-16)28-14-19(26)24-8-10-25(11-9-24)20-18-7-13-29-21(18)23-15-22-20/h3-7,13,15H,2,8-12,14H2,1H3. The van der Waals surface area contributed by atoms with Gasteiger partial charge in [0.05, 0.1) is 12.0 Å². The normalized spacial score (nSPS) is 14.2. The molecule has 1 aliphatic rings. The largest absolute Gasteiger partial charge is 0.494 e. The zero-order valence-electron chi connectivity index (χ0n) is 16.4. The first-order valence-electron chi connectivity index (χ1n) is 9.81. The van der Waals surface area contributed by atoms with Crippen LogP contribution in [0, 0.1) is 0 Å². The molecule has 1 saturated heterocycles. The van der Waals surface area contributed by atoms with Crippen LogP contribution in [0.3, 0.4) is 0 Å². The zero-order chi connectivity index (χ0) is 20.1. The fraction of sp³-hybridized carbons (Fsp3) is 0.381. The highest BCUT2D eigenvalue weighted by atomic mass is 32.1. The van der Waals surface area contributed by atoms with E-state index in [0.29, 0.717) is 25.4 Å². The van der Waals surface area contributed by atoms with Gasteiger partial charge in [0.15, 0.2) is 6.61 Å². The molecule has 1 fully saturated rings. The number of rotatable bonds is 7. The summed E-state index contributed by atoms with van der Waals surface area (Å²) in [6.07, 6.45) is 2.58. The number of anilines is 1. The lowest BCUT2D eigenvalue weighted by molar-refractivity contribution is -0.133. The molecule has 3 aromatic rings. The SMILES string of the molecule is CCCOc1ccc(OCC(=O)N2CCN(c3ncnc4sccc34)CC2)cc1. The van der Waals surface area contributed by atoms with Gasteiger partial charge in [0, 0.05) is 26.2 Å². The van der Waals surface area contributed by atoms with E-state index in [9.17, 15) is 4.79 Å². The van der Waals surface area contributed by atoms with E-state index in [2.05, 4.69) is 27.9 Å². The lowest BCUT2D eigenvalue weighted by atomic mass is 10.2. The third-order valence-electron chi connectivity index (χ3n) is 4.83. The predicted octanol–water partition coefficient (Wildman–Crippen LogP) is 3.21. The van der Waals surface area contributed by atoms with Gasteiger partial charge >= 0.3 is 0 Å². The van der Waals surface area contributed by atoms with Crippen LogP contribution in [0.4, 0.5) is 5.82 Å². The summed E-state index contributed by atoms with van der Waals surface area (Å²) in [7, 11) is 0. The van der Waals surface area contributed by atoms with Gasteiger partial charge < -0.3 is 19.3 Å². The molecule has 0 atom stereocenters. The first-order valence-corrected chi connectivity index (χ1v) is 10.7. The fourth-order valence-electron chi connectivity index (χ4n) is 3.28. The molecular formula is C21H24N4O3S. The number of carbonyl (C=O) groups excluding carboxylic acids is 1. The Morgan fingerprint density at radius 1 is 1.03 bits per heavy atom. The van der Waals surface area contributed by atoms with Crippen molar-refractivity contribution in [1.29, 1.82) is 0 Å². The quantitative estimate of drug-likeness (QED) is 0.594. The molecule has 1 aromatic carbocycles. The molecule has 0 aliphatic carbocycles. The van der Waals surface area contributed by atoms with E-state index in [4.69, 9.17) is 9.47 Å². The van der Waals surface area contributed by atoms with E-state index in [1.807, 2.05) is 34.5 Å². The molecule has 4 rings (SSSR count). The Labute approximate surface area is 173 Å². The second-order valence-corrected chi connectivity index (χ2v) is 7.71. The molecule has 7 nitrogen and oxygen atoms in total. The molecule has 0 spiro atoms. The number of fused-ring (bicyclic) bond motifs is 1. The first-order chi connectivity index (χ1) is 14.2. The molecule has 0 N–H and O–H groups in total. The van der Waals surface area contributed by atoms with Crippen LogP contribution in [0.15, 0.2) is 42.0 Å². The lowest BCUT2D eigenvalue weighted by Crippen LogP contribution is -2.50. The maximum absolute atomic E-state index is 12.5. The molecule has 1 aliphatic heterocycles. The highest BCUT2D eigenvalue weighted by molar-refractivity contribution is 7.16. The van der Waals surface area contributed by atoms with Gasteiger partial charge in [-0.25, -0.2) is 9.97 Å². The second kappa shape index (κ2) is 9.09. The Hall–Kier alpha value is -2.87. The monoisotopic (exact) mass is 412 g/mol. The van der Waals surface area contributed by atoms with E-state index < -0.39 is 0 Å². The average Bonchev–Trinajstić information content (AvgIpc) is 3.26. The highest BCUT2D eigenvalue weighted by Crippen LogP contribution is 2.27. The number of ether oxygens (including phenoxy) is 2. The van der Waals surface area contributed by atoms with Gasteiger partial charge in [-0.3, -0.25) is 4.79 Å². The number of hydrogen-bond acceptors (Lipinski definition) is 7. The summed E-state index contributed by atoms with van der Waals surface area (Å²) < 4.78 is 11.2. The van der Waals surface area contributed by atoms with Crippen LogP contribution in [-0.4, -0.2) is 60.2 Å². The summed E-state index contributed by atoms with van der Waals surface area (Å²) in [5.41, 5.74) is 0. The number of piperazine rings is 1. The molecule has 8 heteroatoms. The van der Waals surface area contributed by atoms with Crippen LogP contribution in [0.2, 0.25) is 0 Å². The molecule has 29 heavy (non-hydrogen) atoms. The number of carbonyl (C=O) groups is 1. The Balaban J connectivity index is 1.27. The van der Waals surface area contributed by atoms with Crippen LogP contribution >= 0.6 is 11.3 Å². The van der Waals surface area contributed by atoms with Crippen molar-refractivity contribution in [3.8, 4) is 11.5 Å². The van der Waals surface area contributed by atoms with Gasteiger partial charge in [-0.2, -0.15) is 0 Å². The minimum absolute atomic E-state index is 0.000623. The molecule has 152 valence electrons. The van der Waals surface area contributed by atoms with Crippen molar-refractivity contribution >= 4 is 33.3 Å². The molecule has 3 heterocycles. The van der Waals surface area contributed by atoms with Gasteiger partial charge in [-0.15, -0.1) is 11.3 Å². The smallest absolute Gasteiger partial charge is 0.260 e. The van der Waals surface area contributed by atoms with Gasteiger partial charge in [-0.05, 0) is 42.1 Å². The predicted molar refractivity (Wildman–Crippen MR) is 114 cm³/mol. The van der Waals surface area contributed by atoms with Gasteiger partial charge in [0.2, 0.25) is 0 Å². The Kier molecular flexibility index (Phi) is 6.09. The third kappa shape index (κ3) is 4.59. The number of benzene rings is 1. The molecule has 1 amide bonds. The molecule has 0 radical (unpaired) electrons. The van der Waals surface area contributed by atoms with Crippen LogP contribution in [0.5, 0.6) is 11.5 Å². The molecule has 0 bridgehead atoms. The van der Waals surface area contributed by atoms with E-state index in [-0.39, 0.29) is 12.5 Å². The first kappa shape index (κ1) is 19.4. The van der Waals surface area contributed by atoms with Crippen molar-refractivity contribution in [2.24, 2.45) is 0 Å². The van der Waals surface area contributed by atoms with E-state index >= 15 is 0 Å². The topological polar surface area (TPSA) is 67.8 Å². The van der Waals surface area contributed by atoms with Crippen LogP contribution in [0.1, 0.15) is 13.3 Å². The van der Waals surface area contributed by atoms with E-state index in [1.165, 1.54) is 0 Å². The van der Waals surface area contributed by atoms with Crippen molar-refractivity contribution < 1.29 is 14.3 Å². The second-order valence-electron chi connectivity index (χ2n) is 6.81. The molecule has 0 saturated carbocycles. The summed E-state index contributed by atoms with van der Waals surface area (Å²) in [6, 6.07) is 9.44. The maximum Gasteiger partial charge on any atom is 0.260 e. The minimum Gasteiger partial charge on any atom is -0.494 e. The number of nitrogens with zero attached hydrogens (tertiary/aromatic N) is 4. The Bertz CT molecular complexity index is 952. The Morgan fingerprint density at radius 2 is 1.76 bits per heavy atom. The maximum atomic E-state index is 12.5. The summed E-state index contributed by atoms with van der Waals surface area (Å²) in [5, 5.41) is 3.11. The van der Waals surface area contributed by atoms with Crippen molar-refractivity contribution in [3.63, 3.8) is 0 Å². The zero-order valence-corrected chi connectivity index (χ0v) is 17.2. The van der Waals surface area contributed by atoms with Crippen LogP contribution in [-0.2, 0) is 4.79 Å². The minimum atomic E-state index is -0.000623. The van der Waals surface area contributed by atoms with Crippen LogP contribution < -0.4 is 14.4 Å². The van der Waals surface area contributed by atoms with E-state index in [0.717, 1.165) is 41.3 Å². The fourth-order valence-corrected chi connectivity index (χ4v) is 4.01. The third-order valence-corrected chi connectivity index (χ3v) is 5.65. The van der Waals surface area contributed by atoms with Gasteiger partial charge in [0.25, 0.3) is 5.91 Å².